The molecule has 1 N–H and O–H groups in total. The van der Waals surface area contributed by atoms with Crippen LogP contribution in [0.1, 0.15) is 94.7 Å². The van der Waals surface area contributed by atoms with Crippen LogP contribution in [0, 0.1) is 5.92 Å². The second-order valence-electron chi connectivity index (χ2n) is 8.10. The largest absolute Gasteiger partial charge is 0.507 e. The molecule has 3 heteroatoms. The van der Waals surface area contributed by atoms with Crippen molar-refractivity contribution >= 4 is 11.0 Å². The second-order valence-corrected chi connectivity index (χ2v) is 8.10. The zero-order valence-corrected chi connectivity index (χ0v) is 16.6. The SMILES string of the molecule is CCCCCC(C)C(C)c1cc(O)c2c3c(c(=O)oc2c1)CCC3CC. The summed E-state index contributed by atoms with van der Waals surface area (Å²) in [6.45, 7) is 8.84. The van der Waals surface area contributed by atoms with Crippen LogP contribution in [0.3, 0.4) is 0 Å². The van der Waals surface area contributed by atoms with E-state index in [0.29, 0.717) is 23.3 Å². The Labute approximate surface area is 156 Å². The first-order valence-electron chi connectivity index (χ1n) is 10.3. The first kappa shape index (κ1) is 19.0. The predicted molar refractivity (Wildman–Crippen MR) is 107 cm³/mol. The smallest absolute Gasteiger partial charge is 0.339 e. The van der Waals surface area contributed by atoms with Gasteiger partial charge in [0.05, 0.1) is 5.39 Å². The Hall–Kier alpha value is -1.77. The van der Waals surface area contributed by atoms with Crippen LogP contribution in [0.2, 0.25) is 0 Å². The average Bonchev–Trinajstić information content (AvgIpc) is 3.05. The summed E-state index contributed by atoms with van der Waals surface area (Å²) in [5.74, 6) is 1.47. The molecule has 3 atom stereocenters. The van der Waals surface area contributed by atoms with Gasteiger partial charge in [0.2, 0.25) is 0 Å². The molecule has 3 unspecified atom stereocenters. The minimum Gasteiger partial charge on any atom is -0.507 e. The maximum atomic E-state index is 12.4. The van der Waals surface area contributed by atoms with Crippen LogP contribution in [-0.4, -0.2) is 5.11 Å². The summed E-state index contributed by atoms with van der Waals surface area (Å²) < 4.78 is 5.63. The monoisotopic (exact) mass is 356 g/mol. The number of aromatic hydroxyl groups is 1. The normalized spacial score (nSPS) is 18.8. The molecule has 26 heavy (non-hydrogen) atoms. The van der Waals surface area contributed by atoms with Gasteiger partial charge in [0.25, 0.3) is 0 Å². The molecule has 0 amide bonds. The van der Waals surface area contributed by atoms with Gasteiger partial charge in [-0.25, -0.2) is 4.79 Å². The van der Waals surface area contributed by atoms with E-state index in [1.165, 1.54) is 25.7 Å². The molecule has 0 fully saturated rings. The number of phenols is 1. The fraction of sp³-hybridized carbons (Fsp3) is 0.609. The van der Waals surface area contributed by atoms with E-state index in [2.05, 4.69) is 27.7 Å². The molecule has 3 rings (SSSR count). The van der Waals surface area contributed by atoms with E-state index in [1.54, 1.807) is 0 Å². The Balaban J connectivity index is 2.01. The summed E-state index contributed by atoms with van der Waals surface area (Å²) in [4.78, 5) is 12.4. The van der Waals surface area contributed by atoms with E-state index in [4.69, 9.17) is 4.42 Å². The van der Waals surface area contributed by atoms with Crippen LogP contribution in [0.4, 0.5) is 0 Å². The quantitative estimate of drug-likeness (QED) is 0.470. The summed E-state index contributed by atoms with van der Waals surface area (Å²) in [6.07, 6.45) is 7.63. The molecule has 0 radical (unpaired) electrons. The van der Waals surface area contributed by atoms with Gasteiger partial charge in [-0.05, 0) is 60.3 Å². The first-order valence-corrected chi connectivity index (χ1v) is 10.3. The molecule has 1 aliphatic rings. The van der Waals surface area contributed by atoms with Gasteiger partial charge in [-0.1, -0.05) is 53.4 Å². The minimum absolute atomic E-state index is 0.219. The number of hydrogen-bond acceptors (Lipinski definition) is 3. The van der Waals surface area contributed by atoms with Crippen molar-refractivity contribution in [2.75, 3.05) is 0 Å². The third-order valence-corrected chi connectivity index (χ3v) is 6.43. The van der Waals surface area contributed by atoms with Crippen molar-refractivity contribution in [3.8, 4) is 5.75 Å². The van der Waals surface area contributed by atoms with Gasteiger partial charge in [0.1, 0.15) is 11.3 Å². The van der Waals surface area contributed by atoms with Crippen molar-refractivity contribution in [2.24, 2.45) is 5.92 Å². The van der Waals surface area contributed by atoms with Crippen LogP contribution in [-0.2, 0) is 6.42 Å². The van der Waals surface area contributed by atoms with Gasteiger partial charge in [0, 0.05) is 5.56 Å². The zero-order chi connectivity index (χ0) is 18.8. The second kappa shape index (κ2) is 7.85. The highest BCUT2D eigenvalue weighted by molar-refractivity contribution is 5.89. The number of benzene rings is 1. The molecule has 2 aromatic rings. The topological polar surface area (TPSA) is 50.4 Å². The van der Waals surface area contributed by atoms with Crippen LogP contribution in [0.5, 0.6) is 5.75 Å². The van der Waals surface area contributed by atoms with Crippen molar-refractivity contribution in [2.45, 2.75) is 84.5 Å². The van der Waals surface area contributed by atoms with E-state index in [0.717, 1.165) is 41.3 Å². The predicted octanol–water partition coefficient (Wildman–Crippen LogP) is 6.26. The fourth-order valence-electron chi connectivity index (χ4n) is 4.51. The summed E-state index contributed by atoms with van der Waals surface area (Å²) in [6, 6.07) is 3.89. The van der Waals surface area contributed by atoms with Crippen molar-refractivity contribution in [3.05, 3.63) is 39.2 Å². The van der Waals surface area contributed by atoms with E-state index < -0.39 is 0 Å². The zero-order valence-electron chi connectivity index (χ0n) is 16.6. The molecule has 1 aliphatic carbocycles. The lowest BCUT2D eigenvalue weighted by Gasteiger charge is -2.21. The third-order valence-electron chi connectivity index (χ3n) is 6.43. The Bertz CT molecular complexity index is 833. The van der Waals surface area contributed by atoms with Gasteiger partial charge < -0.3 is 9.52 Å². The maximum Gasteiger partial charge on any atom is 0.339 e. The van der Waals surface area contributed by atoms with Gasteiger partial charge in [0.15, 0.2) is 0 Å². The number of hydrogen-bond donors (Lipinski definition) is 1. The van der Waals surface area contributed by atoms with Crippen LogP contribution in [0.25, 0.3) is 11.0 Å². The Morgan fingerprint density at radius 1 is 1.23 bits per heavy atom. The van der Waals surface area contributed by atoms with Crippen molar-refractivity contribution in [1.82, 2.24) is 0 Å². The summed E-state index contributed by atoms with van der Waals surface area (Å²) in [5.41, 5.74) is 3.20. The highest BCUT2D eigenvalue weighted by atomic mass is 16.4. The summed E-state index contributed by atoms with van der Waals surface area (Å²) in [7, 11) is 0. The van der Waals surface area contributed by atoms with Crippen molar-refractivity contribution in [1.29, 1.82) is 0 Å². The molecule has 0 saturated carbocycles. The van der Waals surface area contributed by atoms with Gasteiger partial charge in [-0.15, -0.1) is 0 Å². The lowest BCUT2D eigenvalue weighted by molar-refractivity contribution is 0.427. The molecule has 0 aliphatic heterocycles. The van der Waals surface area contributed by atoms with Gasteiger partial charge in [-0.2, -0.15) is 0 Å². The van der Waals surface area contributed by atoms with E-state index in [9.17, 15) is 9.90 Å². The fourth-order valence-corrected chi connectivity index (χ4v) is 4.51. The standard InChI is InChI=1S/C23H32O3/c1-5-7-8-9-14(3)15(4)17-12-19(24)22-20(13-17)26-23(25)18-11-10-16(6-2)21(18)22/h12-16,24H,5-11H2,1-4H3. The van der Waals surface area contributed by atoms with E-state index in [-0.39, 0.29) is 11.4 Å². The molecule has 1 aromatic heterocycles. The van der Waals surface area contributed by atoms with Crippen LogP contribution >= 0.6 is 0 Å². The molecule has 1 aromatic carbocycles. The van der Waals surface area contributed by atoms with E-state index in [1.807, 2.05) is 12.1 Å². The number of unbranched alkanes of at least 4 members (excludes halogenated alkanes) is 2. The van der Waals surface area contributed by atoms with Crippen LogP contribution in [0.15, 0.2) is 21.3 Å². The van der Waals surface area contributed by atoms with Gasteiger partial charge >= 0.3 is 5.63 Å². The molecule has 0 bridgehead atoms. The average molecular weight is 357 g/mol. The van der Waals surface area contributed by atoms with Gasteiger partial charge in [-0.3, -0.25) is 0 Å². The Kier molecular flexibility index (Phi) is 5.74. The molecular formula is C23H32O3. The highest BCUT2D eigenvalue weighted by Gasteiger charge is 2.29. The summed E-state index contributed by atoms with van der Waals surface area (Å²) >= 11 is 0. The maximum absolute atomic E-state index is 12.4. The molecule has 3 nitrogen and oxygen atoms in total. The van der Waals surface area contributed by atoms with Crippen molar-refractivity contribution in [3.63, 3.8) is 0 Å². The highest BCUT2D eigenvalue weighted by Crippen LogP contribution is 2.43. The first-order chi connectivity index (χ1) is 12.5. The molecule has 1 heterocycles. The minimum atomic E-state index is -0.219. The lowest BCUT2D eigenvalue weighted by atomic mass is 9.84. The number of phenolic OH excluding ortho intramolecular Hbond substituents is 1. The van der Waals surface area contributed by atoms with Crippen LogP contribution < -0.4 is 5.63 Å². The third kappa shape index (κ3) is 3.41. The molecule has 0 spiro atoms. The Morgan fingerprint density at radius 2 is 2.00 bits per heavy atom. The Morgan fingerprint density at radius 3 is 2.69 bits per heavy atom. The van der Waals surface area contributed by atoms with Crippen molar-refractivity contribution < 1.29 is 9.52 Å². The summed E-state index contributed by atoms with van der Waals surface area (Å²) in [5, 5.41) is 11.6. The molecular weight excluding hydrogens is 324 g/mol. The lowest BCUT2D eigenvalue weighted by Crippen LogP contribution is -2.10. The number of fused-ring (bicyclic) bond motifs is 3. The van der Waals surface area contributed by atoms with E-state index >= 15 is 0 Å². The molecule has 0 saturated heterocycles. The number of rotatable bonds is 7. The molecule has 142 valence electrons.